The van der Waals surface area contributed by atoms with E-state index < -0.39 is 10.0 Å². The molecule has 0 unspecified atom stereocenters. The molecule has 0 saturated carbocycles. The number of sulfonamides is 1. The van der Waals surface area contributed by atoms with Gasteiger partial charge in [0.05, 0.1) is 12.8 Å². The third kappa shape index (κ3) is 3.78. The van der Waals surface area contributed by atoms with E-state index in [2.05, 4.69) is 10.4 Å². The van der Waals surface area contributed by atoms with Crippen molar-refractivity contribution >= 4 is 10.0 Å². The minimum absolute atomic E-state index is 0.267. The molecule has 0 radical (unpaired) electrons. The molecule has 1 aromatic heterocycles. The van der Waals surface area contributed by atoms with Crippen LogP contribution in [0.3, 0.4) is 0 Å². The zero-order valence-electron chi connectivity index (χ0n) is 11.8. The van der Waals surface area contributed by atoms with Gasteiger partial charge in [-0.2, -0.15) is 9.40 Å². The van der Waals surface area contributed by atoms with Gasteiger partial charge in [0.15, 0.2) is 0 Å². The molecule has 2 heterocycles. The quantitative estimate of drug-likeness (QED) is 0.743. The Morgan fingerprint density at radius 1 is 1.40 bits per heavy atom. The molecule has 114 valence electrons. The second-order valence-electron chi connectivity index (χ2n) is 4.77. The summed E-state index contributed by atoms with van der Waals surface area (Å²) in [5, 5.41) is 7.18. The Labute approximate surface area is 120 Å². The Bertz CT molecular complexity index is 507. The molecule has 0 aliphatic carbocycles. The fourth-order valence-electron chi connectivity index (χ4n) is 2.13. The summed E-state index contributed by atoms with van der Waals surface area (Å²) in [6, 6.07) is 0. The van der Waals surface area contributed by atoms with Crippen molar-refractivity contribution in [1.82, 2.24) is 19.4 Å². The van der Waals surface area contributed by atoms with Crippen molar-refractivity contribution in [3.05, 3.63) is 12.4 Å². The first-order valence-electron chi connectivity index (χ1n) is 6.89. The lowest BCUT2D eigenvalue weighted by Crippen LogP contribution is -2.33. The topological polar surface area (TPSA) is 76.5 Å². The lowest BCUT2D eigenvalue weighted by atomic mass is 10.4. The molecule has 1 fully saturated rings. The molecule has 20 heavy (non-hydrogen) atoms. The molecule has 1 aromatic rings. The third-order valence-electron chi connectivity index (χ3n) is 3.24. The van der Waals surface area contributed by atoms with Crippen LogP contribution in [-0.4, -0.2) is 62.4 Å². The monoisotopic (exact) mass is 302 g/mol. The van der Waals surface area contributed by atoms with Gasteiger partial charge in [-0.3, -0.25) is 4.68 Å². The number of aryl methyl sites for hydroxylation is 1. The van der Waals surface area contributed by atoms with Crippen molar-refractivity contribution in [2.75, 3.05) is 39.9 Å². The van der Waals surface area contributed by atoms with Crippen molar-refractivity contribution in [2.24, 2.45) is 0 Å². The molecular formula is C12H22N4O3S. The van der Waals surface area contributed by atoms with Crippen LogP contribution < -0.4 is 5.32 Å². The molecule has 1 N–H and O–H groups in total. The maximum absolute atomic E-state index is 12.5. The van der Waals surface area contributed by atoms with E-state index in [9.17, 15) is 8.42 Å². The van der Waals surface area contributed by atoms with Crippen LogP contribution in [0.4, 0.5) is 0 Å². The van der Waals surface area contributed by atoms with Crippen molar-refractivity contribution in [1.29, 1.82) is 0 Å². The van der Waals surface area contributed by atoms with E-state index in [1.54, 1.807) is 10.9 Å². The van der Waals surface area contributed by atoms with Gasteiger partial charge in [0.2, 0.25) is 10.0 Å². The molecule has 0 aromatic carbocycles. The average Bonchev–Trinajstić information content (AvgIpc) is 2.73. The lowest BCUT2D eigenvalue weighted by Gasteiger charge is -2.17. The van der Waals surface area contributed by atoms with Gasteiger partial charge in [0.1, 0.15) is 4.90 Å². The normalized spacial score (nSPS) is 18.1. The molecule has 0 amide bonds. The number of nitrogens with zero attached hydrogens (tertiary/aromatic N) is 3. The van der Waals surface area contributed by atoms with Gasteiger partial charge >= 0.3 is 0 Å². The number of nitrogens with one attached hydrogen (secondary N) is 1. The summed E-state index contributed by atoms with van der Waals surface area (Å²) in [5.41, 5.74) is 0. The highest BCUT2D eigenvalue weighted by molar-refractivity contribution is 7.89. The molecule has 8 heteroatoms. The predicted molar refractivity (Wildman–Crippen MR) is 75.0 cm³/mol. The number of rotatable bonds is 6. The highest BCUT2D eigenvalue weighted by Gasteiger charge is 2.26. The van der Waals surface area contributed by atoms with E-state index in [-0.39, 0.29) is 4.90 Å². The van der Waals surface area contributed by atoms with Crippen LogP contribution >= 0.6 is 0 Å². The van der Waals surface area contributed by atoms with Crippen LogP contribution in [0, 0.1) is 0 Å². The zero-order chi connectivity index (χ0) is 14.4. The van der Waals surface area contributed by atoms with E-state index >= 15 is 0 Å². The number of aromatic nitrogens is 2. The summed E-state index contributed by atoms with van der Waals surface area (Å²) in [6.07, 6.45) is 4.68. The molecule has 0 atom stereocenters. The highest BCUT2D eigenvalue weighted by Crippen LogP contribution is 2.16. The van der Waals surface area contributed by atoms with Crippen LogP contribution in [0.1, 0.15) is 12.8 Å². The Kier molecular flexibility index (Phi) is 5.53. The molecule has 7 nitrogen and oxygen atoms in total. The molecule has 1 saturated heterocycles. The Hall–Kier alpha value is -0.960. The minimum atomic E-state index is -3.44. The maximum Gasteiger partial charge on any atom is 0.246 e. The fourth-order valence-corrected chi connectivity index (χ4v) is 3.55. The predicted octanol–water partition coefficient (Wildman–Crippen LogP) is -0.0964. The van der Waals surface area contributed by atoms with E-state index in [1.165, 1.54) is 10.5 Å². The van der Waals surface area contributed by atoms with Gasteiger partial charge in [-0.05, 0) is 26.4 Å². The summed E-state index contributed by atoms with van der Waals surface area (Å²) < 4.78 is 33.4. The summed E-state index contributed by atoms with van der Waals surface area (Å²) in [6.45, 7) is 3.58. The van der Waals surface area contributed by atoms with Crippen LogP contribution in [0.2, 0.25) is 0 Å². The van der Waals surface area contributed by atoms with Gasteiger partial charge < -0.3 is 10.1 Å². The second kappa shape index (κ2) is 7.16. The minimum Gasteiger partial charge on any atom is -0.380 e. The molecule has 0 spiro atoms. The van der Waals surface area contributed by atoms with Crippen LogP contribution in [0.5, 0.6) is 0 Å². The maximum atomic E-state index is 12.5. The van der Waals surface area contributed by atoms with Gasteiger partial charge in [-0.25, -0.2) is 8.42 Å². The Morgan fingerprint density at radius 2 is 2.25 bits per heavy atom. The average molecular weight is 302 g/mol. The summed E-state index contributed by atoms with van der Waals surface area (Å²) >= 11 is 0. The van der Waals surface area contributed by atoms with Crippen molar-refractivity contribution < 1.29 is 13.2 Å². The third-order valence-corrected chi connectivity index (χ3v) is 5.09. The van der Waals surface area contributed by atoms with E-state index in [1.807, 2.05) is 7.05 Å². The van der Waals surface area contributed by atoms with E-state index in [0.29, 0.717) is 32.8 Å². The van der Waals surface area contributed by atoms with Crippen LogP contribution in [-0.2, 0) is 21.3 Å². The fraction of sp³-hybridized carbons (Fsp3) is 0.750. The van der Waals surface area contributed by atoms with Crippen molar-refractivity contribution in [3.63, 3.8) is 0 Å². The van der Waals surface area contributed by atoms with Gasteiger partial charge in [0, 0.05) is 32.4 Å². The zero-order valence-corrected chi connectivity index (χ0v) is 12.6. The molecule has 1 aliphatic rings. The van der Waals surface area contributed by atoms with E-state index in [0.717, 1.165) is 19.4 Å². The number of ether oxygens (including phenoxy) is 1. The van der Waals surface area contributed by atoms with E-state index in [4.69, 9.17) is 4.74 Å². The van der Waals surface area contributed by atoms with Crippen LogP contribution in [0.25, 0.3) is 0 Å². The first-order chi connectivity index (χ1) is 9.64. The van der Waals surface area contributed by atoms with Crippen LogP contribution in [0.15, 0.2) is 17.3 Å². The first-order valence-corrected chi connectivity index (χ1v) is 8.33. The summed E-state index contributed by atoms with van der Waals surface area (Å²) in [5.74, 6) is 0. The molecule has 0 bridgehead atoms. The van der Waals surface area contributed by atoms with Gasteiger partial charge in [-0.1, -0.05) is 0 Å². The number of hydrogen-bond donors (Lipinski definition) is 1. The molecular weight excluding hydrogens is 280 g/mol. The lowest BCUT2D eigenvalue weighted by molar-refractivity contribution is 0.148. The van der Waals surface area contributed by atoms with Crippen molar-refractivity contribution in [3.8, 4) is 0 Å². The second-order valence-corrected chi connectivity index (χ2v) is 6.70. The van der Waals surface area contributed by atoms with Gasteiger partial charge in [-0.15, -0.1) is 0 Å². The largest absolute Gasteiger partial charge is 0.380 e. The smallest absolute Gasteiger partial charge is 0.246 e. The Morgan fingerprint density at radius 3 is 3.05 bits per heavy atom. The Balaban J connectivity index is 2.05. The first kappa shape index (κ1) is 15.4. The molecule has 2 rings (SSSR count). The standard InChI is InChI=1S/C12H22N4O3S/c1-13-4-2-5-15-11-12(10-14-15)20(17,18)16-6-3-8-19-9-7-16/h10-11,13H,2-9H2,1H3. The van der Waals surface area contributed by atoms with Crippen molar-refractivity contribution in [2.45, 2.75) is 24.3 Å². The number of hydrogen-bond acceptors (Lipinski definition) is 5. The summed E-state index contributed by atoms with van der Waals surface area (Å²) in [4.78, 5) is 0.267. The summed E-state index contributed by atoms with van der Waals surface area (Å²) in [7, 11) is -1.55. The SMILES string of the molecule is CNCCCn1cc(S(=O)(=O)N2CCCOCC2)cn1. The highest BCUT2D eigenvalue weighted by atomic mass is 32.2. The molecule has 1 aliphatic heterocycles. The van der Waals surface area contributed by atoms with Gasteiger partial charge in [0.25, 0.3) is 0 Å².